The number of nitrogens with zero attached hydrogens (tertiary/aromatic N) is 2. The molecule has 1 aliphatic rings. The van der Waals surface area contributed by atoms with Gasteiger partial charge in [0, 0.05) is 36.3 Å². The van der Waals surface area contributed by atoms with Crippen LogP contribution in [0, 0.1) is 6.92 Å². The molecule has 3 rings (SSSR count). The lowest BCUT2D eigenvalue weighted by molar-refractivity contribution is -0.306. The molecule has 1 aliphatic carbocycles. The number of aryl methyl sites for hydroxylation is 1. The average Bonchev–Trinajstić information content (AvgIpc) is 2.92. The molecular weight excluding hydrogens is 640 g/mol. The van der Waals surface area contributed by atoms with Gasteiger partial charge in [-0.2, -0.15) is 0 Å². The fourth-order valence-corrected chi connectivity index (χ4v) is 5.85. The first-order valence-corrected chi connectivity index (χ1v) is 15.1. The second-order valence-electron chi connectivity index (χ2n) is 10.8. The number of phenols is 1. The molecule has 0 aliphatic heterocycles. The maximum atomic E-state index is 13.2. The van der Waals surface area contributed by atoms with Crippen LogP contribution in [0.5, 0.6) is 5.75 Å². The first-order valence-electron chi connectivity index (χ1n) is 13.7. The van der Waals surface area contributed by atoms with Crippen molar-refractivity contribution in [3.8, 4) is 5.75 Å². The number of hydrogen-bond acceptors (Lipinski definition) is 12. The quantitative estimate of drug-likeness (QED) is 0.182. The molecule has 0 unspecified atom stereocenters. The summed E-state index contributed by atoms with van der Waals surface area (Å²) in [4.78, 5) is 60.0. The molecule has 0 fully saturated rings. The Morgan fingerprint density at radius 3 is 1.91 bits per heavy atom. The van der Waals surface area contributed by atoms with E-state index in [1.165, 1.54) is 56.3 Å². The van der Waals surface area contributed by atoms with Crippen LogP contribution in [0.25, 0.3) is 5.57 Å². The van der Waals surface area contributed by atoms with Crippen LogP contribution < -0.4 is 5.11 Å². The minimum atomic E-state index is -5.11. The average molecular weight is 671 g/mol. The Hall–Kier alpha value is -5.16. The number of aromatic hydroxyl groups is 1. The Kier molecular flexibility index (Phi) is 11.6. The van der Waals surface area contributed by atoms with Gasteiger partial charge in [-0.1, -0.05) is 18.2 Å². The highest BCUT2D eigenvalue weighted by Crippen LogP contribution is 2.38. The normalized spacial score (nSPS) is 14.5. The Bertz CT molecular complexity index is 1810. The summed E-state index contributed by atoms with van der Waals surface area (Å²) in [6.07, 6.45) is 2.70. The number of benzene rings is 2. The molecule has 2 aromatic carbocycles. The third-order valence-corrected chi connectivity index (χ3v) is 7.85. The summed E-state index contributed by atoms with van der Waals surface area (Å²) in [5.41, 5.74) is 0.579. The van der Waals surface area contributed by atoms with Gasteiger partial charge in [0.1, 0.15) is 15.9 Å². The zero-order chi connectivity index (χ0) is 35.2. The maximum Gasteiger partial charge on any atom is 0.317 e. The Morgan fingerprint density at radius 1 is 0.830 bits per heavy atom. The highest BCUT2D eigenvalue weighted by Gasteiger charge is 2.26. The van der Waals surface area contributed by atoms with Crippen molar-refractivity contribution >= 4 is 45.4 Å². The lowest BCUT2D eigenvalue weighted by Gasteiger charge is -2.25. The second kappa shape index (κ2) is 15.0. The maximum absolute atomic E-state index is 13.2. The van der Waals surface area contributed by atoms with E-state index in [0.29, 0.717) is 0 Å². The lowest BCUT2D eigenvalue weighted by atomic mass is 9.85. The molecule has 47 heavy (non-hydrogen) atoms. The molecule has 0 heterocycles. The van der Waals surface area contributed by atoms with Gasteiger partial charge in [-0.3, -0.25) is 29.0 Å². The highest BCUT2D eigenvalue weighted by molar-refractivity contribution is 7.85. The van der Waals surface area contributed by atoms with Crippen LogP contribution in [0.1, 0.15) is 29.2 Å². The van der Waals surface area contributed by atoms with Gasteiger partial charge in [0.15, 0.2) is 5.78 Å². The van der Waals surface area contributed by atoms with Crippen LogP contribution in [-0.4, -0.2) is 106 Å². The number of carbonyl (C=O) groups excluding carboxylic acids is 2. The van der Waals surface area contributed by atoms with Crippen molar-refractivity contribution in [2.75, 3.05) is 32.7 Å². The van der Waals surface area contributed by atoms with Gasteiger partial charge >= 0.3 is 17.9 Å². The van der Waals surface area contributed by atoms with E-state index in [-0.39, 0.29) is 50.3 Å². The number of carbonyl (C=O) groups is 5. The largest absolute Gasteiger partial charge is 0.744 e. The van der Waals surface area contributed by atoms with Crippen molar-refractivity contribution in [1.29, 1.82) is 0 Å². The summed E-state index contributed by atoms with van der Waals surface area (Å²) >= 11 is 0. The van der Waals surface area contributed by atoms with Crippen LogP contribution in [-0.2, 0) is 40.6 Å². The fourth-order valence-electron chi connectivity index (χ4n) is 5.17. The van der Waals surface area contributed by atoms with Crippen molar-refractivity contribution in [1.82, 2.24) is 9.80 Å². The van der Waals surface area contributed by atoms with E-state index in [4.69, 9.17) is 0 Å². The predicted molar refractivity (Wildman–Crippen MR) is 160 cm³/mol. The van der Waals surface area contributed by atoms with E-state index in [1.807, 2.05) is 0 Å². The third kappa shape index (κ3) is 9.67. The molecule has 0 atom stereocenters. The SMILES string of the molecule is CC1=C/C(=C(/c2cc(C)c(O)c(CN(CC(=O)[O-])CC(=O)O)c2)c2ccccc2S(=O)(=O)[O-])C=C(CN(CC(=O)O)CC(=O)O)C1=O. The van der Waals surface area contributed by atoms with Crippen molar-refractivity contribution in [3.63, 3.8) is 0 Å². The number of rotatable bonds is 15. The van der Waals surface area contributed by atoms with Crippen molar-refractivity contribution < 1.29 is 62.5 Å². The van der Waals surface area contributed by atoms with Gasteiger partial charge in [-0.15, -0.1) is 0 Å². The molecule has 4 N–H and O–H groups in total. The third-order valence-electron chi connectivity index (χ3n) is 6.95. The summed E-state index contributed by atoms with van der Waals surface area (Å²) in [6, 6.07) is 7.94. The van der Waals surface area contributed by atoms with E-state index in [1.54, 1.807) is 0 Å². The zero-order valence-electron chi connectivity index (χ0n) is 25.1. The molecule has 15 nitrogen and oxygen atoms in total. The molecule has 0 aromatic heterocycles. The molecule has 2 aromatic rings. The number of aliphatic carboxylic acids is 4. The summed E-state index contributed by atoms with van der Waals surface area (Å²) < 4.78 is 37.2. The predicted octanol–water partition coefficient (Wildman–Crippen LogP) is -0.0303. The molecule has 16 heteroatoms. The number of carboxylic acid groups (broad SMARTS) is 4. The molecular formula is C31H30N2O13S-2. The molecule has 0 spiro atoms. The van der Waals surface area contributed by atoms with Gasteiger partial charge in [0.25, 0.3) is 0 Å². The van der Waals surface area contributed by atoms with E-state index in [0.717, 1.165) is 15.9 Å². The number of ketones is 1. The molecule has 0 saturated heterocycles. The Morgan fingerprint density at radius 2 is 1.38 bits per heavy atom. The zero-order valence-corrected chi connectivity index (χ0v) is 25.9. The Labute approximate surface area is 268 Å². The van der Waals surface area contributed by atoms with Crippen LogP contribution in [0.3, 0.4) is 0 Å². The summed E-state index contributed by atoms with van der Waals surface area (Å²) in [7, 11) is -5.11. The molecule has 0 bridgehead atoms. The minimum absolute atomic E-state index is 0.0361. The van der Waals surface area contributed by atoms with E-state index >= 15 is 0 Å². The second-order valence-corrected chi connectivity index (χ2v) is 12.1. The van der Waals surface area contributed by atoms with Gasteiger partial charge in [-0.05, 0) is 72.0 Å². The van der Waals surface area contributed by atoms with E-state index in [9.17, 15) is 62.5 Å². The fraction of sp³-hybridized carbons (Fsp3) is 0.258. The van der Waals surface area contributed by atoms with Crippen molar-refractivity contribution in [2.24, 2.45) is 0 Å². The number of allylic oxidation sites excluding steroid dienone is 4. The van der Waals surface area contributed by atoms with Crippen LogP contribution in [0.4, 0.5) is 0 Å². The van der Waals surface area contributed by atoms with Gasteiger partial charge in [0.2, 0.25) is 0 Å². The lowest BCUT2D eigenvalue weighted by Crippen LogP contribution is -2.40. The molecule has 0 amide bonds. The van der Waals surface area contributed by atoms with Gasteiger partial charge in [0.05, 0.1) is 30.5 Å². The van der Waals surface area contributed by atoms with Crippen LogP contribution in [0.2, 0.25) is 0 Å². The first kappa shape index (κ1) is 36.3. The summed E-state index contributed by atoms with van der Waals surface area (Å²) in [5.74, 6) is -6.52. The monoisotopic (exact) mass is 670 g/mol. The van der Waals surface area contributed by atoms with Crippen molar-refractivity contribution in [2.45, 2.75) is 25.3 Å². The Balaban J connectivity index is 2.38. The van der Waals surface area contributed by atoms with E-state index < -0.39 is 83.9 Å². The molecule has 250 valence electrons. The number of carboxylic acids is 4. The topological polar surface area (TPSA) is 253 Å². The number of phenolic OH excluding ortho intramolecular Hbond substituents is 1. The number of Topliss-reactive ketones (excluding diaryl/α,β-unsaturated/α-hetero) is 1. The summed E-state index contributed by atoms with van der Waals surface area (Å²) in [6.45, 7) is -0.902. The molecule has 0 saturated carbocycles. The van der Waals surface area contributed by atoms with Crippen LogP contribution in [0.15, 0.2) is 70.2 Å². The highest BCUT2D eigenvalue weighted by atomic mass is 32.2. The smallest absolute Gasteiger partial charge is 0.317 e. The van der Waals surface area contributed by atoms with Crippen LogP contribution >= 0.6 is 0 Å². The minimum Gasteiger partial charge on any atom is -0.744 e. The van der Waals surface area contributed by atoms with E-state index in [2.05, 4.69) is 0 Å². The van der Waals surface area contributed by atoms with Crippen molar-refractivity contribution in [3.05, 3.63) is 87.5 Å². The summed E-state index contributed by atoms with van der Waals surface area (Å²) in [5, 5.41) is 50.0. The number of hydrogen-bond donors (Lipinski definition) is 4. The van der Waals surface area contributed by atoms with Gasteiger partial charge in [-0.25, -0.2) is 8.42 Å². The standard InChI is InChI=1S/C31H32N2O13S/c1-17-7-19(9-21(30(17)42)11-32(13-25(34)35)14-26(36)37)29(23-5-3-4-6-24(23)47(44,45)46)20-8-18(2)31(43)22(10-20)12-33(15-27(38)39)16-28(40)41/h3-10,42H,11-16H2,1-2H3,(H,34,35)(H,36,37)(H,38,39)(H,40,41)(H,44,45,46)/p-2/b29-20+. The van der Waals surface area contributed by atoms with Gasteiger partial charge < -0.3 is 34.9 Å². The molecule has 0 radical (unpaired) electrons. The first-order chi connectivity index (χ1) is 21.9.